The van der Waals surface area contributed by atoms with Gasteiger partial charge in [0.1, 0.15) is 16.5 Å². The summed E-state index contributed by atoms with van der Waals surface area (Å²) in [4.78, 5) is 17.3. The number of thioether (sulfide) groups is 1. The Balaban J connectivity index is 1.14. The van der Waals surface area contributed by atoms with Gasteiger partial charge in [0, 0.05) is 23.4 Å². The van der Waals surface area contributed by atoms with Gasteiger partial charge < -0.3 is 14.8 Å². The van der Waals surface area contributed by atoms with Crippen LogP contribution in [-0.2, 0) is 18.7 Å². The number of fused-ring (bicyclic) bond motifs is 1. The molecule has 5 aromatic rings. The first-order chi connectivity index (χ1) is 19.1. The fraction of sp³-hybridized carbons (Fsp3) is 0.143. The van der Waals surface area contributed by atoms with Crippen LogP contribution in [0.2, 0.25) is 5.02 Å². The monoisotopic (exact) mass is 575 g/mol. The molecule has 8 nitrogen and oxygen atoms in total. The number of carbonyl (C=O) groups excluding carboxylic acids is 1. The number of benzene rings is 3. The maximum Gasteiger partial charge on any atom is 0.271 e. The van der Waals surface area contributed by atoms with Crippen molar-refractivity contribution in [3.8, 4) is 17.2 Å². The standard InChI is InChI=1S/C28H22ClN5O3S2/c29-20-7-4-8-21(13-20)34-25(12-18-5-2-1-3-6-18)32-33-28(34)39-16-26-31-22(15-38-26)27(35)30-14-19-9-10-23-24(11-19)37-17-36-23/h1-11,13,15H,12,14,16-17H2,(H,30,35). The Hall–Kier alpha value is -3.86. The van der Waals surface area contributed by atoms with Gasteiger partial charge in [0.25, 0.3) is 5.91 Å². The van der Waals surface area contributed by atoms with Crippen molar-refractivity contribution >= 4 is 40.6 Å². The van der Waals surface area contributed by atoms with Gasteiger partial charge in [-0.15, -0.1) is 21.5 Å². The van der Waals surface area contributed by atoms with Crippen molar-refractivity contribution in [3.05, 3.63) is 111 Å². The summed E-state index contributed by atoms with van der Waals surface area (Å²) >= 11 is 9.26. The number of carbonyl (C=O) groups is 1. The lowest BCUT2D eigenvalue weighted by Crippen LogP contribution is -2.23. The number of hydrogen-bond acceptors (Lipinski definition) is 8. The van der Waals surface area contributed by atoms with Gasteiger partial charge >= 0.3 is 0 Å². The van der Waals surface area contributed by atoms with Crippen LogP contribution >= 0.6 is 34.7 Å². The molecule has 0 unspecified atom stereocenters. The van der Waals surface area contributed by atoms with Crippen LogP contribution in [-0.4, -0.2) is 32.4 Å². The van der Waals surface area contributed by atoms with Crippen LogP contribution in [0.3, 0.4) is 0 Å². The molecule has 6 rings (SSSR count). The number of halogens is 1. The molecule has 1 aliphatic heterocycles. The Kier molecular flexibility index (Phi) is 7.49. The minimum Gasteiger partial charge on any atom is -0.454 e. The molecule has 0 spiro atoms. The number of nitrogens with zero attached hydrogens (tertiary/aromatic N) is 4. The molecule has 3 heterocycles. The van der Waals surface area contributed by atoms with Crippen LogP contribution in [0.1, 0.15) is 32.4 Å². The molecule has 196 valence electrons. The number of rotatable bonds is 9. The highest BCUT2D eigenvalue weighted by atomic mass is 35.5. The Morgan fingerprint density at radius 1 is 1.00 bits per heavy atom. The minimum absolute atomic E-state index is 0.217. The van der Waals surface area contributed by atoms with E-state index in [0.29, 0.717) is 40.9 Å². The molecule has 0 bridgehead atoms. The van der Waals surface area contributed by atoms with Gasteiger partial charge in [-0.3, -0.25) is 9.36 Å². The lowest BCUT2D eigenvalue weighted by Gasteiger charge is -2.10. The fourth-order valence-corrected chi connectivity index (χ4v) is 6.04. The number of amides is 1. The topological polar surface area (TPSA) is 91.2 Å². The van der Waals surface area contributed by atoms with Gasteiger partial charge in [0.15, 0.2) is 16.7 Å². The molecule has 1 aliphatic rings. The molecule has 39 heavy (non-hydrogen) atoms. The van der Waals surface area contributed by atoms with E-state index in [2.05, 4.69) is 32.6 Å². The van der Waals surface area contributed by atoms with Crippen molar-refractivity contribution in [3.63, 3.8) is 0 Å². The van der Waals surface area contributed by atoms with Crippen LogP contribution in [0.5, 0.6) is 11.5 Å². The average Bonchev–Trinajstić information content (AvgIpc) is 3.71. The molecule has 0 radical (unpaired) electrons. The maximum atomic E-state index is 12.7. The van der Waals surface area contributed by atoms with Crippen LogP contribution in [0.4, 0.5) is 0 Å². The molecule has 11 heteroatoms. The molecular weight excluding hydrogens is 554 g/mol. The summed E-state index contributed by atoms with van der Waals surface area (Å²) in [6, 6.07) is 23.4. The van der Waals surface area contributed by atoms with Crippen molar-refractivity contribution in [2.24, 2.45) is 0 Å². The second kappa shape index (κ2) is 11.5. The second-order valence-corrected chi connectivity index (χ2v) is 11.0. The predicted octanol–water partition coefficient (Wildman–Crippen LogP) is 5.92. The van der Waals surface area contributed by atoms with E-state index in [4.69, 9.17) is 21.1 Å². The third-order valence-electron chi connectivity index (χ3n) is 5.97. The van der Waals surface area contributed by atoms with Crippen LogP contribution < -0.4 is 14.8 Å². The zero-order chi connectivity index (χ0) is 26.6. The van der Waals surface area contributed by atoms with Gasteiger partial charge in [0.2, 0.25) is 6.79 Å². The fourth-order valence-electron chi connectivity index (χ4n) is 4.09. The zero-order valence-corrected chi connectivity index (χ0v) is 22.9. The Morgan fingerprint density at radius 3 is 2.74 bits per heavy atom. The predicted molar refractivity (Wildman–Crippen MR) is 151 cm³/mol. The van der Waals surface area contributed by atoms with E-state index < -0.39 is 0 Å². The van der Waals surface area contributed by atoms with Crippen LogP contribution in [0.15, 0.2) is 83.3 Å². The summed E-state index contributed by atoms with van der Waals surface area (Å²) < 4.78 is 12.8. The zero-order valence-electron chi connectivity index (χ0n) is 20.5. The summed E-state index contributed by atoms with van der Waals surface area (Å²) in [6.07, 6.45) is 0.631. The summed E-state index contributed by atoms with van der Waals surface area (Å²) in [5, 5.41) is 15.8. The van der Waals surface area contributed by atoms with E-state index in [9.17, 15) is 4.79 Å². The molecule has 1 N–H and O–H groups in total. The number of aromatic nitrogens is 4. The maximum absolute atomic E-state index is 12.7. The van der Waals surface area contributed by atoms with Gasteiger partial charge in [-0.05, 0) is 41.5 Å². The van der Waals surface area contributed by atoms with E-state index in [1.165, 1.54) is 23.1 Å². The van der Waals surface area contributed by atoms with E-state index in [0.717, 1.165) is 32.8 Å². The molecule has 3 aromatic carbocycles. The van der Waals surface area contributed by atoms with E-state index in [1.54, 1.807) is 5.38 Å². The molecule has 1 amide bonds. The molecule has 0 saturated heterocycles. The van der Waals surface area contributed by atoms with Crippen molar-refractivity contribution in [1.82, 2.24) is 25.1 Å². The lowest BCUT2D eigenvalue weighted by atomic mass is 10.1. The first-order valence-corrected chi connectivity index (χ1v) is 14.3. The van der Waals surface area contributed by atoms with Crippen molar-refractivity contribution in [2.45, 2.75) is 23.9 Å². The largest absolute Gasteiger partial charge is 0.454 e. The average molecular weight is 576 g/mol. The van der Waals surface area contributed by atoms with Gasteiger partial charge in [-0.2, -0.15) is 0 Å². The minimum atomic E-state index is -0.229. The highest BCUT2D eigenvalue weighted by Crippen LogP contribution is 2.32. The van der Waals surface area contributed by atoms with E-state index >= 15 is 0 Å². The van der Waals surface area contributed by atoms with Crippen molar-refractivity contribution < 1.29 is 14.3 Å². The quantitative estimate of drug-likeness (QED) is 0.218. The number of thiazole rings is 1. The number of ether oxygens (including phenoxy) is 2. The van der Waals surface area contributed by atoms with Gasteiger partial charge in [-0.25, -0.2) is 4.98 Å². The van der Waals surface area contributed by atoms with Gasteiger partial charge in [-0.1, -0.05) is 65.8 Å². The van der Waals surface area contributed by atoms with Crippen LogP contribution in [0.25, 0.3) is 5.69 Å². The molecule has 0 fully saturated rings. The van der Waals surface area contributed by atoms with Crippen LogP contribution in [0, 0.1) is 0 Å². The van der Waals surface area contributed by atoms with E-state index in [1.807, 2.05) is 65.2 Å². The van der Waals surface area contributed by atoms with E-state index in [-0.39, 0.29) is 12.7 Å². The molecule has 2 aromatic heterocycles. The highest BCUT2D eigenvalue weighted by Gasteiger charge is 2.18. The summed E-state index contributed by atoms with van der Waals surface area (Å²) in [6.45, 7) is 0.582. The Labute approximate surface area is 238 Å². The third kappa shape index (κ3) is 5.93. The summed E-state index contributed by atoms with van der Waals surface area (Å²) in [5.41, 5.74) is 3.34. The Morgan fingerprint density at radius 2 is 1.87 bits per heavy atom. The first kappa shape index (κ1) is 25.4. The smallest absolute Gasteiger partial charge is 0.271 e. The third-order valence-corrected chi connectivity index (χ3v) is 8.18. The lowest BCUT2D eigenvalue weighted by molar-refractivity contribution is 0.0946. The van der Waals surface area contributed by atoms with Crippen molar-refractivity contribution in [1.29, 1.82) is 0 Å². The van der Waals surface area contributed by atoms with Crippen molar-refractivity contribution in [2.75, 3.05) is 6.79 Å². The Bertz CT molecular complexity index is 1620. The molecule has 0 aliphatic carbocycles. The number of nitrogens with one attached hydrogen (secondary N) is 1. The first-order valence-electron chi connectivity index (χ1n) is 12.1. The molecular formula is C28H22ClN5O3S2. The normalized spacial score (nSPS) is 12.0. The van der Waals surface area contributed by atoms with Gasteiger partial charge in [0.05, 0.1) is 11.4 Å². The molecule has 0 saturated carbocycles. The SMILES string of the molecule is O=C(NCc1ccc2c(c1)OCO2)c1csc(CSc2nnc(Cc3ccccc3)n2-c2cccc(Cl)c2)n1. The number of hydrogen-bond donors (Lipinski definition) is 1. The molecule has 0 atom stereocenters. The second-order valence-electron chi connectivity index (χ2n) is 8.66. The summed E-state index contributed by atoms with van der Waals surface area (Å²) in [7, 11) is 0. The summed E-state index contributed by atoms with van der Waals surface area (Å²) in [5.74, 6) is 2.53. The highest BCUT2D eigenvalue weighted by molar-refractivity contribution is 7.98.